The van der Waals surface area contributed by atoms with Crippen LogP contribution in [0.5, 0.6) is 0 Å². The van der Waals surface area contributed by atoms with Crippen LogP contribution in [0.3, 0.4) is 0 Å². The van der Waals surface area contributed by atoms with Crippen molar-refractivity contribution in [1.82, 2.24) is 0 Å². The van der Waals surface area contributed by atoms with Crippen molar-refractivity contribution in [3.8, 4) is 0 Å². The molecule has 0 amide bonds. The average molecular weight is 1030 g/mol. The summed E-state index contributed by atoms with van der Waals surface area (Å²) in [5.74, 6) is -0.493. The van der Waals surface area contributed by atoms with E-state index in [1.54, 1.807) is 12.1 Å². The third-order valence-corrected chi connectivity index (χ3v) is 21.7. The number of ketones is 1. The second-order valence-electron chi connectivity index (χ2n) is 23.0. The van der Waals surface area contributed by atoms with Crippen LogP contribution >= 0.6 is 15.9 Å². The molecule has 0 aromatic heterocycles. The highest BCUT2D eigenvalue weighted by Crippen LogP contribution is 2.54. The number of ether oxygens (including phenoxy) is 8. The van der Waals surface area contributed by atoms with Gasteiger partial charge in [0.15, 0.2) is 14.1 Å². The number of halogens is 1. The van der Waals surface area contributed by atoms with Gasteiger partial charge in [-0.25, -0.2) is 4.79 Å². The monoisotopic (exact) mass is 1030 g/mol. The van der Waals surface area contributed by atoms with E-state index in [0.717, 1.165) is 35.6 Å². The molecule has 68 heavy (non-hydrogen) atoms. The number of carbonyl (C=O) groups is 3. The Morgan fingerprint density at radius 2 is 1.65 bits per heavy atom. The lowest BCUT2D eigenvalue weighted by molar-refractivity contribution is -0.292. The van der Waals surface area contributed by atoms with E-state index in [1.807, 2.05) is 18.2 Å². The molecule has 0 saturated carbocycles. The first-order valence-corrected chi connectivity index (χ1v) is 29.4. The molecule has 8 fully saturated rings. The fourth-order valence-corrected chi connectivity index (χ4v) is 13.4. The molecule has 12 nitrogen and oxygen atoms in total. The molecule has 2 unspecified atom stereocenters. The van der Waals surface area contributed by atoms with Crippen molar-refractivity contribution < 1.29 is 56.7 Å². The molecule has 8 aliphatic rings. The Morgan fingerprint density at radius 1 is 0.926 bits per heavy atom. The van der Waals surface area contributed by atoms with E-state index in [2.05, 4.69) is 83.7 Å². The molecule has 6 bridgehead atoms. The van der Waals surface area contributed by atoms with Crippen LogP contribution < -0.4 is 0 Å². The zero-order valence-corrected chi connectivity index (χ0v) is 44.5. The predicted molar refractivity (Wildman–Crippen MR) is 264 cm³/mol. The number of fused-ring (bicyclic) bond motifs is 1. The van der Waals surface area contributed by atoms with Crippen molar-refractivity contribution in [3.05, 3.63) is 59.1 Å². The lowest BCUT2D eigenvalue weighted by atomic mass is 9.78. The van der Waals surface area contributed by atoms with Crippen LogP contribution in [0.1, 0.15) is 135 Å². The summed E-state index contributed by atoms with van der Waals surface area (Å²) in [6.07, 6.45) is 5.25. The summed E-state index contributed by atoms with van der Waals surface area (Å²) < 4.78 is 61.3. The van der Waals surface area contributed by atoms with Gasteiger partial charge >= 0.3 is 5.97 Å². The highest BCUT2D eigenvalue weighted by molar-refractivity contribution is 9.11. The summed E-state index contributed by atoms with van der Waals surface area (Å²) in [6.45, 7) is 27.3. The van der Waals surface area contributed by atoms with Gasteiger partial charge in [0, 0.05) is 51.6 Å². The third kappa shape index (κ3) is 11.7. The van der Waals surface area contributed by atoms with E-state index in [1.165, 1.54) is 0 Å². The molecular formula is C54H79BrO12Si. The maximum Gasteiger partial charge on any atom is 0.338 e. The van der Waals surface area contributed by atoms with Gasteiger partial charge in [-0.2, -0.15) is 0 Å². The van der Waals surface area contributed by atoms with Crippen molar-refractivity contribution in [2.75, 3.05) is 6.61 Å². The van der Waals surface area contributed by atoms with Crippen molar-refractivity contribution >= 4 is 42.3 Å². The standard InChI is InChI=1S/C54H79BrO12Si/c1-31(30-59-68(9,10)53(6,7)8)23-43-35(5)41(45(63-43)28-44-34(4)32(2)24-38(60-44)17-14-22-56)27-37(57)26-39-18-19-42-47(61-39)51-50-49(64-42)48-46(65-50)29-54(66-48,67-51)21-20-40(25-33(3)55)62-52(58)36-15-12-11-13-16-36/h11-13,15-16,22,31-32,35,38-51H,3-4,14,17-21,23-30H2,1-2,5-10H3/t31-,32+,35+,38-,39+,40-,41?,42-,43+,44+,45?,46+,47-,48-,49-,50+,51-,54-/m0/s1. The van der Waals surface area contributed by atoms with E-state index in [0.29, 0.717) is 70.0 Å². The summed E-state index contributed by atoms with van der Waals surface area (Å²) in [5, 5.41) is 0.126. The number of Topliss-reactive ketones (excluding diaryl/α,β-unsaturated/α-hetero) is 1. The summed E-state index contributed by atoms with van der Waals surface area (Å²) >= 11 is 3.49. The Bertz CT molecular complexity index is 1960. The van der Waals surface area contributed by atoms with E-state index >= 15 is 0 Å². The first-order chi connectivity index (χ1) is 32.2. The number of hydrogen-bond donors (Lipinski definition) is 0. The van der Waals surface area contributed by atoms with Gasteiger partial charge in [-0.1, -0.05) is 88.8 Å². The molecule has 8 aliphatic heterocycles. The van der Waals surface area contributed by atoms with Crippen LogP contribution in [0.4, 0.5) is 0 Å². The third-order valence-electron chi connectivity index (χ3n) is 16.9. The van der Waals surface area contributed by atoms with Crippen LogP contribution in [0.2, 0.25) is 18.1 Å². The van der Waals surface area contributed by atoms with Gasteiger partial charge in [0.25, 0.3) is 0 Å². The Morgan fingerprint density at radius 3 is 2.37 bits per heavy atom. The largest absolute Gasteiger partial charge is 0.458 e. The molecule has 14 heteroatoms. The van der Waals surface area contributed by atoms with Crippen LogP contribution in [0.25, 0.3) is 0 Å². The Labute approximate surface area is 414 Å². The quantitative estimate of drug-likeness (QED) is 0.0502. The maximum atomic E-state index is 14.4. The van der Waals surface area contributed by atoms with E-state index in [9.17, 15) is 14.4 Å². The van der Waals surface area contributed by atoms with Crippen LogP contribution in [0, 0.1) is 23.7 Å². The fourth-order valence-electron chi connectivity index (χ4n) is 11.9. The molecule has 18 atom stereocenters. The molecule has 0 aliphatic carbocycles. The lowest BCUT2D eigenvalue weighted by Crippen LogP contribution is -2.61. The average Bonchev–Trinajstić information content (AvgIpc) is 3.83. The van der Waals surface area contributed by atoms with Crippen molar-refractivity contribution in [1.29, 1.82) is 0 Å². The molecule has 0 spiro atoms. The van der Waals surface area contributed by atoms with Crippen molar-refractivity contribution in [3.63, 3.8) is 0 Å². The molecule has 1 aromatic carbocycles. The van der Waals surface area contributed by atoms with Crippen molar-refractivity contribution in [2.24, 2.45) is 23.7 Å². The number of hydrogen-bond acceptors (Lipinski definition) is 12. The van der Waals surface area contributed by atoms with Crippen molar-refractivity contribution in [2.45, 2.75) is 228 Å². The van der Waals surface area contributed by atoms with Gasteiger partial charge in [-0.15, -0.1) is 0 Å². The molecule has 378 valence electrons. The van der Waals surface area contributed by atoms with Gasteiger partial charge in [-0.05, 0) is 103 Å². The molecule has 0 radical (unpaired) electrons. The van der Waals surface area contributed by atoms with Gasteiger partial charge in [-0.3, -0.25) is 4.79 Å². The predicted octanol–water partition coefficient (Wildman–Crippen LogP) is 10.4. The second kappa shape index (κ2) is 21.5. The van der Waals surface area contributed by atoms with E-state index in [-0.39, 0.29) is 108 Å². The van der Waals surface area contributed by atoms with Gasteiger partial charge in [0.05, 0.1) is 48.3 Å². The summed E-state index contributed by atoms with van der Waals surface area (Å²) in [6, 6.07) is 9.00. The normalized spacial score (nSPS) is 38.4. The van der Waals surface area contributed by atoms with E-state index in [4.69, 9.17) is 42.3 Å². The summed E-state index contributed by atoms with van der Waals surface area (Å²) in [4.78, 5) is 38.9. The first-order valence-electron chi connectivity index (χ1n) is 25.7. The highest BCUT2D eigenvalue weighted by atomic mass is 79.9. The SMILES string of the molecule is C=C(Br)C[C@H](CC[C@@]12C[C@H]3O[C@H]4[C@@H](O1)[C@H]1O[C@@H](CC(=O)CC5C(C[C@H]6O[C@@H](CCC=O)C[C@@H](C)C6=C)O[C@H](C[C@H](C)CO[Si](C)(C)C(C)(C)C)[C@@H]5C)CC[C@@H]1O[C@H]4[C@H]3O2)OC(=O)c1ccccc1. The Kier molecular flexibility index (Phi) is 16.5. The van der Waals surface area contributed by atoms with Gasteiger partial charge < -0.3 is 47.1 Å². The zero-order chi connectivity index (χ0) is 48.7. The Hall–Kier alpha value is -2.11. The number of aldehydes is 1. The maximum absolute atomic E-state index is 14.4. The number of esters is 1. The lowest BCUT2D eigenvalue weighted by Gasteiger charge is -2.47. The highest BCUT2D eigenvalue weighted by Gasteiger charge is 2.68. The second-order valence-corrected chi connectivity index (χ2v) is 29.0. The van der Waals surface area contributed by atoms with Crippen LogP contribution in [-0.4, -0.2) is 118 Å². The topological polar surface area (TPSA) is 134 Å². The molecule has 9 rings (SSSR count). The minimum absolute atomic E-state index is 0.00602. The molecule has 1 aromatic rings. The molecule has 8 saturated heterocycles. The number of carbonyl (C=O) groups excluding carboxylic acids is 3. The van der Waals surface area contributed by atoms with Crippen LogP contribution in [0.15, 0.2) is 53.5 Å². The molecule has 8 heterocycles. The minimum atomic E-state index is -1.92. The summed E-state index contributed by atoms with van der Waals surface area (Å²) in [7, 11) is -1.92. The number of benzene rings is 1. The van der Waals surface area contributed by atoms with Crippen LogP contribution in [-0.2, 0) is 51.9 Å². The molecule has 0 N–H and O–H groups in total. The fraction of sp³-hybridized carbons (Fsp3) is 0.759. The first kappa shape index (κ1) is 52.2. The molecular weight excluding hydrogens is 949 g/mol. The summed E-state index contributed by atoms with van der Waals surface area (Å²) in [5.41, 5.74) is 1.56. The van der Waals surface area contributed by atoms with Gasteiger partial charge in [0.1, 0.15) is 48.7 Å². The smallest absolute Gasteiger partial charge is 0.338 e. The van der Waals surface area contributed by atoms with E-state index < -0.39 is 32.4 Å². The Balaban J connectivity index is 0.924. The zero-order valence-electron chi connectivity index (χ0n) is 41.9. The number of rotatable bonds is 21. The minimum Gasteiger partial charge on any atom is -0.458 e. The van der Waals surface area contributed by atoms with Gasteiger partial charge in [0.2, 0.25) is 0 Å².